The molecule has 2 rings (SSSR count). The van der Waals surface area contributed by atoms with Crippen molar-refractivity contribution in [3.63, 3.8) is 0 Å². The van der Waals surface area contributed by atoms with Crippen LogP contribution in [-0.4, -0.2) is 48.1 Å². The van der Waals surface area contributed by atoms with Crippen LogP contribution in [0.25, 0.3) is 0 Å². The molecule has 0 spiro atoms. The number of nitrogens with two attached hydrogens (primary N) is 1. The number of carbonyl (C=O) groups is 1. The van der Waals surface area contributed by atoms with Gasteiger partial charge in [-0.05, 0) is 35.2 Å². The molecule has 1 aromatic heterocycles. The van der Waals surface area contributed by atoms with Gasteiger partial charge >= 0.3 is 0 Å². The van der Waals surface area contributed by atoms with Crippen LogP contribution in [-0.2, 0) is 4.79 Å². The summed E-state index contributed by atoms with van der Waals surface area (Å²) in [6, 6.07) is 2.15. The van der Waals surface area contributed by atoms with E-state index in [-0.39, 0.29) is 18.5 Å². The van der Waals surface area contributed by atoms with E-state index >= 15 is 0 Å². The second kappa shape index (κ2) is 7.00. The van der Waals surface area contributed by atoms with E-state index in [1.807, 2.05) is 16.8 Å². The highest BCUT2D eigenvalue weighted by atomic mass is 32.1. The molecule has 0 aromatic carbocycles. The lowest BCUT2D eigenvalue weighted by atomic mass is 10.1. The number of piperidine rings is 1. The molecule has 1 aromatic rings. The summed E-state index contributed by atoms with van der Waals surface area (Å²) in [5, 5.41) is 16.4. The van der Waals surface area contributed by atoms with Crippen LogP contribution in [0.15, 0.2) is 16.8 Å². The van der Waals surface area contributed by atoms with Crippen LogP contribution in [0, 0.1) is 0 Å². The summed E-state index contributed by atoms with van der Waals surface area (Å²) in [5.74, 6) is -0.0373. The third-order valence-corrected chi connectivity index (χ3v) is 4.12. The molecule has 0 bridgehead atoms. The van der Waals surface area contributed by atoms with Gasteiger partial charge in [0.2, 0.25) is 5.91 Å². The van der Waals surface area contributed by atoms with Crippen molar-refractivity contribution in [3.8, 4) is 0 Å². The number of likely N-dealkylation sites (tertiary alicyclic amines) is 1. The number of nitrogens with one attached hydrogen (secondary N) is 1. The van der Waals surface area contributed by atoms with Gasteiger partial charge in [-0.15, -0.1) is 0 Å². The van der Waals surface area contributed by atoms with Gasteiger partial charge in [0.1, 0.15) is 0 Å². The molecule has 19 heavy (non-hydrogen) atoms. The van der Waals surface area contributed by atoms with Crippen molar-refractivity contribution in [1.29, 1.82) is 0 Å². The largest absolute Gasteiger partial charge is 0.387 e. The quantitative estimate of drug-likeness (QED) is 0.727. The van der Waals surface area contributed by atoms with Crippen molar-refractivity contribution in [1.82, 2.24) is 10.2 Å². The Kier molecular flexibility index (Phi) is 5.33. The SMILES string of the molecule is NC1CCN(CC(=O)NCC(O)c2ccsc2)CC1. The van der Waals surface area contributed by atoms with Crippen LogP contribution in [0.3, 0.4) is 0 Å². The number of aliphatic hydroxyl groups excluding tert-OH is 1. The van der Waals surface area contributed by atoms with E-state index in [9.17, 15) is 9.90 Å². The molecule has 0 radical (unpaired) electrons. The number of hydrogen-bond acceptors (Lipinski definition) is 5. The molecule has 106 valence electrons. The first-order chi connectivity index (χ1) is 9.15. The van der Waals surface area contributed by atoms with Crippen LogP contribution < -0.4 is 11.1 Å². The van der Waals surface area contributed by atoms with Crippen molar-refractivity contribution in [3.05, 3.63) is 22.4 Å². The number of thiophene rings is 1. The Morgan fingerprint density at radius 1 is 1.58 bits per heavy atom. The Bertz CT molecular complexity index is 389. The maximum atomic E-state index is 11.8. The highest BCUT2D eigenvalue weighted by Gasteiger charge is 2.18. The average Bonchev–Trinajstić information content (AvgIpc) is 2.93. The number of nitrogens with zero attached hydrogens (tertiary/aromatic N) is 1. The zero-order valence-electron chi connectivity index (χ0n) is 10.9. The van der Waals surface area contributed by atoms with Crippen LogP contribution in [0.1, 0.15) is 24.5 Å². The molecular weight excluding hydrogens is 262 g/mol. The predicted molar refractivity (Wildman–Crippen MR) is 75.9 cm³/mol. The van der Waals surface area contributed by atoms with Crippen LogP contribution >= 0.6 is 11.3 Å². The number of rotatable bonds is 5. The molecule has 0 aliphatic carbocycles. The van der Waals surface area contributed by atoms with Gasteiger partial charge < -0.3 is 16.2 Å². The van der Waals surface area contributed by atoms with Gasteiger partial charge in [-0.2, -0.15) is 11.3 Å². The Morgan fingerprint density at radius 3 is 2.95 bits per heavy atom. The van der Waals surface area contributed by atoms with Gasteiger partial charge in [0.15, 0.2) is 0 Å². The molecule has 1 aliphatic rings. The molecule has 5 nitrogen and oxygen atoms in total. The van der Waals surface area contributed by atoms with Crippen molar-refractivity contribution < 1.29 is 9.90 Å². The first kappa shape index (κ1) is 14.5. The topological polar surface area (TPSA) is 78.6 Å². The summed E-state index contributed by atoms with van der Waals surface area (Å²) in [7, 11) is 0. The highest BCUT2D eigenvalue weighted by molar-refractivity contribution is 7.07. The minimum absolute atomic E-state index is 0.0373. The molecule has 4 N–H and O–H groups in total. The first-order valence-corrected chi connectivity index (χ1v) is 7.54. The van der Waals surface area contributed by atoms with E-state index in [2.05, 4.69) is 10.2 Å². The summed E-state index contributed by atoms with van der Waals surface area (Å²) >= 11 is 1.54. The van der Waals surface area contributed by atoms with Gasteiger partial charge in [-0.1, -0.05) is 0 Å². The van der Waals surface area contributed by atoms with Crippen molar-refractivity contribution in [2.75, 3.05) is 26.2 Å². The standard InChI is InChI=1S/C13H21N3O2S/c14-11-1-4-16(5-2-11)8-13(18)15-7-12(17)10-3-6-19-9-10/h3,6,9,11-12,17H,1-2,4-5,7-8,14H2,(H,15,18). The molecule has 6 heteroatoms. The number of aliphatic hydroxyl groups is 1. The Labute approximate surface area is 117 Å². The molecular formula is C13H21N3O2S. The summed E-state index contributed by atoms with van der Waals surface area (Å²) in [6.45, 7) is 2.41. The Balaban J connectivity index is 1.67. The molecule has 1 aliphatic heterocycles. The van der Waals surface area contributed by atoms with E-state index in [1.54, 1.807) is 0 Å². The van der Waals surface area contributed by atoms with Gasteiger partial charge in [0.25, 0.3) is 0 Å². The fourth-order valence-electron chi connectivity index (χ4n) is 2.16. The number of carbonyl (C=O) groups excluding carboxylic acids is 1. The molecule has 1 atom stereocenters. The fraction of sp³-hybridized carbons (Fsp3) is 0.615. The monoisotopic (exact) mass is 283 g/mol. The first-order valence-electron chi connectivity index (χ1n) is 6.60. The molecule has 1 saturated heterocycles. The minimum Gasteiger partial charge on any atom is -0.387 e. The third-order valence-electron chi connectivity index (χ3n) is 3.42. The summed E-state index contributed by atoms with van der Waals surface area (Å²) in [5.41, 5.74) is 6.68. The van der Waals surface area contributed by atoms with Crippen molar-refractivity contribution in [2.24, 2.45) is 5.73 Å². The fourth-order valence-corrected chi connectivity index (χ4v) is 2.87. The normalized spacial score (nSPS) is 19.3. The summed E-state index contributed by atoms with van der Waals surface area (Å²) in [4.78, 5) is 13.9. The Morgan fingerprint density at radius 2 is 2.32 bits per heavy atom. The molecule has 2 heterocycles. The molecule has 0 saturated carbocycles. The maximum Gasteiger partial charge on any atom is 0.234 e. The predicted octanol–water partition coefficient (Wildman–Crippen LogP) is 0.321. The van der Waals surface area contributed by atoms with E-state index in [4.69, 9.17) is 5.73 Å². The number of hydrogen-bond donors (Lipinski definition) is 3. The van der Waals surface area contributed by atoms with E-state index in [0.717, 1.165) is 31.5 Å². The highest BCUT2D eigenvalue weighted by Crippen LogP contribution is 2.15. The second-order valence-corrected chi connectivity index (χ2v) is 5.77. The lowest BCUT2D eigenvalue weighted by Gasteiger charge is -2.29. The van der Waals surface area contributed by atoms with Crippen LogP contribution in [0.4, 0.5) is 0 Å². The third kappa shape index (κ3) is 4.58. The second-order valence-electron chi connectivity index (χ2n) is 4.99. The van der Waals surface area contributed by atoms with E-state index in [0.29, 0.717) is 6.54 Å². The minimum atomic E-state index is -0.620. The summed E-state index contributed by atoms with van der Waals surface area (Å²) in [6.07, 6.45) is 1.28. The van der Waals surface area contributed by atoms with Gasteiger partial charge in [-0.3, -0.25) is 9.69 Å². The van der Waals surface area contributed by atoms with Crippen LogP contribution in [0.2, 0.25) is 0 Å². The number of amides is 1. The van der Waals surface area contributed by atoms with E-state index < -0.39 is 6.10 Å². The maximum absolute atomic E-state index is 11.8. The van der Waals surface area contributed by atoms with Gasteiger partial charge in [0, 0.05) is 25.7 Å². The lowest BCUT2D eigenvalue weighted by molar-refractivity contribution is -0.123. The average molecular weight is 283 g/mol. The Hall–Kier alpha value is -0.950. The molecule has 1 amide bonds. The van der Waals surface area contributed by atoms with Gasteiger partial charge in [-0.25, -0.2) is 0 Å². The lowest BCUT2D eigenvalue weighted by Crippen LogP contribution is -2.45. The summed E-state index contributed by atoms with van der Waals surface area (Å²) < 4.78 is 0. The molecule has 1 unspecified atom stereocenters. The van der Waals surface area contributed by atoms with Crippen LogP contribution in [0.5, 0.6) is 0 Å². The van der Waals surface area contributed by atoms with Gasteiger partial charge in [0.05, 0.1) is 12.6 Å². The molecule has 1 fully saturated rings. The zero-order chi connectivity index (χ0) is 13.7. The zero-order valence-corrected chi connectivity index (χ0v) is 11.7. The smallest absolute Gasteiger partial charge is 0.234 e. The van der Waals surface area contributed by atoms with Crippen molar-refractivity contribution >= 4 is 17.2 Å². The van der Waals surface area contributed by atoms with Crippen molar-refractivity contribution in [2.45, 2.75) is 25.0 Å². The van der Waals surface area contributed by atoms with E-state index in [1.165, 1.54) is 11.3 Å².